The molecule has 0 unspecified atom stereocenters. The molecule has 1 aromatic rings. The van der Waals surface area contributed by atoms with Crippen molar-refractivity contribution in [1.29, 1.82) is 0 Å². The number of halogens is 3. The average molecular weight is 247 g/mol. The van der Waals surface area contributed by atoms with Gasteiger partial charge in [-0.3, -0.25) is 0 Å². The lowest BCUT2D eigenvalue weighted by atomic mass is 10.2. The Balaban J connectivity index is 2.82. The van der Waals surface area contributed by atoms with Gasteiger partial charge in [-0.05, 0) is 32.1 Å². The van der Waals surface area contributed by atoms with Gasteiger partial charge in [-0.2, -0.15) is 13.2 Å². The smallest absolute Gasteiger partial charge is 0.359 e. The van der Waals surface area contributed by atoms with E-state index >= 15 is 0 Å². The third-order valence-corrected chi connectivity index (χ3v) is 2.37. The van der Waals surface area contributed by atoms with Crippen LogP contribution in [0, 0.1) is 0 Å². The summed E-state index contributed by atoms with van der Waals surface area (Å²) in [7, 11) is 3.43. The summed E-state index contributed by atoms with van der Waals surface area (Å²) in [6, 6.07) is 2.35. The van der Waals surface area contributed by atoms with E-state index in [0.29, 0.717) is 6.54 Å². The molecule has 96 valence electrons. The van der Waals surface area contributed by atoms with Crippen LogP contribution in [-0.4, -0.2) is 32.2 Å². The van der Waals surface area contributed by atoms with E-state index in [0.717, 1.165) is 19.0 Å². The highest BCUT2D eigenvalue weighted by molar-refractivity contribution is 5.47. The van der Waals surface area contributed by atoms with Crippen LogP contribution in [0.15, 0.2) is 18.3 Å². The normalized spacial score (nSPS) is 11.6. The summed E-state index contributed by atoms with van der Waals surface area (Å²) < 4.78 is 38.2. The Hall–Kier alpha value is -1.30. The first-order valence-electron chi connectivity index (χ1n) is 5.34. The van der Waals surface area contributed by atoms with E-state index in [1.807, 2.05) is 7.05 Å². The van der Waals surface area contributed by atoms with E-state index in [2.05, 4.69) is 10.3 Å². The summed E-state index contributed by atoms with van der Waals surface area (Å²) in [5.74, 6) is -0.0175. The number of hydrogen-bond donors (Lipinski definition) is 1. The fourth-order valence-electron chi connectivity index (χ4n) is 1.52. The van der Waals surface area contributed by atoms with Gasteiger partial charge in [-0.1, -0.05) is 0 Å². The Labute approximate surface area is 98.6 Å². The first-order chi connectivity index (χ1) is 7.96. The molecule has 0 aliphatic rings. The third kappa shape index (κ3) is 3.89. The van der Waals surface area contributed by atoms with E-state index in [1.54, 1.807) is 7.05 Å². The van der Waals surface area contributed by atoms with Crippen LogP contribution >= 0.6 is 0 Å². The Morgan fingerprint density at radius 3 is 2.71 bits per heavy atom. The van der Waals surface area contributed by atoms with Crippen LogP contribution in [0.4, 0.5) is 19.0 Å². The van der Waals surface area contributed by atoms with E-state index < -0.39 is 11.7 Å². The van der Waals surface area contributed by atoms with Gasteiger partial charge in [0.05, 0.1) is 5.56 Å². The molecule has 0 aromatic carbocycles. The van der Waals surface area contributed by atoms with Crippen molar-refractivity contribution < 1.29 is 13.2 Å². The molecule has 0 fully saturated rings. The van der Waals surface area contributed by atoms with Crippen molar-refractivity contribution in [2.75, 3.05) is 32.1 Å². The molecular formula is C11H16F3N3. The molecule has 17 heavy (non-hydrogen) atoms. The second-order valence-electron chi connectivity index (χ2n) is 3.75. The highest BCUT2D eigenvalue weighted by Crippen LogP contribution is 2.34. The molecule has 1 heterocycles. The van der Waals surface area contributed by atoms with Crippen LogP contribution in [0.3, 0.4) is 0 Å². The molecular weight excluding hydrogens is 231 g/mol. The number of alkyl halides is 3. The van der Waals surface area contributed by atoms with Gasteiger partial charge in [0.15, 0.2) is 0 Å². The minimum atomic E-state index is -4.36. The van der Waals surface area contributed by atoms with Crippen LogP contribution < -0.4 is 10.2 Å². The van der Waals surface area contributed by atoms with E-state index in [4.69, 9.17) is 0 Å². The van der Waals surface area contributed by atoms with Gasteiger partial charge in [-0.25, -0.2) is 4.98 Å². The Bertz CT molecular complexity index is 352. The van der Waals surface area contributed by atoms with Crippen LogP contribution in [-0.2, 0) is 6.18 Å². The zero-order valence-corrected chi connectivity index (χ0v) is 9.88. The Morgan fingerprint density at radius 1 is 1.41 bits per heavy atom. The fourth-order valence-corrected chi connectivity index (χ4v) is 1.52. The van der Waals surface area contributed by atoms with Gasteiger partial charge < -0.3 is 10.2 Å². The quantitative estimate of drug-likeness (QED) is 0.808. The number of hydrogen-bond acceptors (Lipinski definition) is 3. The second-order valence-corrected chi connectivity index (χ2v) is 3.75. The van der Waals surface area contributed by atoms with Crippen molar-refractivity contribution in [1.82, 2.24) is 10.3 Å². The lowest BCUT2D eigenvalue weighted by Gasteiger charge is -2.21. The van der Waals surface area contributed by atoms with E-state index in [9.17, 15) is 13.2 Å². The van der Waals surface area contributed by atoms with Gasteiger partial charge in [0.1, 0.15) is 5.82 Å². The zero-order valence-electron chi connectivity index (χ0n) is 9.88. The topological polar surface area (TPSA) is 28.2 Å². The van der Waals surface area contributed by atoms with Gasteiger partial charge in [0.2, 0.25) is 0 Å². The van der Waals surface area contributed by atoms with Crippen molar-refractivity contribution in [2.45, 2.75) is 12.6 Å². The predicted octanol–water partition coefficient (Wildman–Crippen LogP) is 2.15. The molecule has 0 saturated carbocycles. The van der Waals surface area contributed by atoms with Gasteiger partial charge in [-0.15, -0.1) is 0 Å². The number of nitrogens with one attached hydrogen (secondary N) is 1. The first kappa shape index (κ1) is 13.8. The van der Waals surface area contributed by atoms with Gasteiger partial charge in [0.25, 0.3) is 0 Å². The van der Waals surface area contributed by atoms with Crippen LogP contribution in [0.25, 0.3) is 0 Å². The summed E-state index contributed by atoms with van der Waals surface area (Å²) in [6.45, 7) is 1.29. The largest absolute Gasteiger partial charge is 0.419 e. The highest BCUT2D eigenvalue weighted by atomic mass is 19.4. The van der Waals surface area contributed by atoms with Crippen LogP contribution in [0.5, 0.6) is 0 Å². The van der Waals surface area contributed by atoms with Crippen LogP contribution in [0.1, 0.15) is 12.0 Å². The number of anilines is 1. The Kier molecular flexibility index (Phi) is 4.74. The maximum absolute atomic E-state index is 12.7. The third-order valence-electron chi connectivity index (χ3n) is 2.37. The molecule has 3 nitrogen and oxygen atoms in total. The number of pyridine rings is 1. The highest BCUT2D eigenvalue weighted by Gasteiger charge is 2.34. The van der Waals surface area contributed by atoms with Crippen LogP contribution in [0.2, 0.25) is 0 Å². The molecule has 1 aromatic heterocycles. The zero-order chi connectivity index (χ0) is 12.9. The van der Waals surface area contributed by atoms with Crippen molar-refractivity contribution in [2.24, 2.45) is 0 Å². The maximum atomic E-state index is 12.7. The summed E-state index contributed by atoms with van der Waals surface area (Å²) in [4.78, 5) is 5.34. The summed E-state index contributed by atoms with van der Waals surface area (Å²) in [5.41, 5.74) is -0.688. The number of aromatic nitrogens is 1. The average Bonchev–Trinajstić information content (AvgIpc) is 2.28. The summed E-state index contributed by atoms with van der Waals surface area (Å²) >= 11 is 0. The van der Waals surface area contributed by atoms with Crippen molar-refractivity contribution in [3.05, 3.63) is 23.9 Å². The van der Waals surface area contributed by atoms with E-state index in [-0.39, 0.29) is 5.82 Å². The Morgan fingerprint density at radius 2 is 2.12 bits per heavy atom. The SMILES string of the molecule is CNCCCN(C)c1ncccc1C(F)(F)F. The summed E-state index contributed by atoms with van der Waals surface area (Å²) in [6.07, 6.45) is -2.22. The molecule has 0 spiro atoms. The molecule has 0 saturated heterocycles. The maximum Gasteiger partial charge on any atom is 0.419 e. The van der Waals surface area contributed by atoms with Crippen molar-refractivity contribution >= 4 is 5.82 Å². The standard InChI is InChI=1S/C11H16F3N3/c1-15-6-4-8-17(2)10-9(11(12,13)14)5-3-7-16-10/h3,5,7,15H,4,6,8H2,1-2H3. The molecule has 1 rings (SSSR count). The molecule has 0 bridgehead atoms. The van der Waals surface area contributed by atoms with Gasteiger partial charge >= 0.3 is 6.18 Å². The molecule has 0 aliphatic heterocycles. The number of nitrogens with zero attached hydrogens (tertiary/aromatic N) is 2. The van der Waals surface area contributed by atoms with Crippen molar-refractivity contribution in [3.8, 4) is 0 Å². The second kappa shape index (κ2) is 5.86. The lowest BCUT2D eigenvalue weighted by molar-refractivity contribution is -0.137. The molecule has 0 atom stereocenters. The number of rotatable bonds is 5. The minimum absolute atomic E-state index is 0.0175. The van der Waals surface area contributed by atoms with Gasteiger partial charge in [0, 0.05) is 19.8 Å². The molecule has 0 amide bonds. The van der Waals surface area contributed by atoms with E-state index in [1.165, 1.54) is 17.2 Å². The molecule has 6 heteroatoms. The monoisotopic (exact) mass is 247 g/mol. The molecule has 0 aliphatic carbocycles. The minimum Gasteiger partial charge on any atom is -0.359 e. The molecule has 0 radical (unpaired) electrons. The fraction of sp³-hybridized carbons (Fsp3) is 0.545. The van der Waals surface area contributed by atoms with Crippen molar-refractivity contribution in [3.63, 3.8) is 0 Å². The predicted molar refractivity (Wildman–Crippen MR) is 61.1 cm³/mol. The first-order valence-corrected chi connectivity index (χ1v) is 5.34. The summed E-state index contributed by atoms with van der Waals surface area (Å²) in [5, 5.41) is 2.95. The molecule has 1 N–H and O–H groups in total. The lowest BCUT2D eigenvalue weighted by Crippen LogP contribution is -2.25.